The van der Waals surface area contributed by atoms with Crippen molar-refractivity contribution in [1.82, 2.24) is 4.90 Å². The first-order valence-corrected chi connectivity index (χ1v) is 7.61. The lowest BCUT2D eigenvalue weighted by Crippen LogP contribution is -2.42. The van der Waals surface area contributed by atoms with Crippen LogP contribution in [0.3, 0.4) is 0 Å². The molecule has 0 aromatic heterocycles. The molecule has 2 heterocycles. The number of methoxy groups -OCH3 is 1. The fourth-order valence-electron chi connectivity index (χ4n) is 3.17. The highest BCUT2D eigenvalue weighted by atomic mass is 32.2. The van der Waals surface area contributed by atoms with E-state index in [4.69, 9.17) is 4.74 Å². The predicted octanol–water partition coefficient (Wildman–Crippen LogP) is 2.55. The largest absolute Gasteiger partial charge is 0.383 e. The molecule has 0 aromatic carbocycles. The van der Waals surface area contributed by atoms with Crippen molar-refractivity contribution in [3.05, 3.63) is 11.6 Å². The van der Waals surface area contributed by atoms with Crippen molar-refractivity contribution >= 4 is 11.8 Å². The van der Waals surface area contributed by atoms with E-state index in [1.807, 2.05) is 18.9 Å². The van der Waals surface area contributed by atoms with Crippen LogP contribution in [0.4, 0.5) is 0 Å². The first-order chi connectivity index (χ1) is 7.80. The molecule has 2 nitrogen and oxygen atoms in total. The normalized spacial score (nSPS) is 32.5. The minimum atomic E-state index is 0.361. The lowest BCUT2D eigenvalue weighted by Gasteiger charge is -2.30. The van der Waals surface area contributed by atoms with Crippen LogP contribution in [0.2, 0.25) is 0 Å². The maximum atomic E-state index is 5.43. The number of allylic oxidation sites excluding steroid dienone is 1. The Balaban J connectivity index is 1.96. The van der Waals surface area contributed by atoms with Crippen molar-refractivity contribution in [2.45, 2.75) is 31.2 Å². The van der Waals surface area contributed by atoms with E-state index in [0.29, 0.717) is 5.54 Å². The predicted molar refractivity (Wildman–Crippen MR) is 71.1 cm³/mol. The van der Waals surface area contributed by atoms with Crippen LogP contribution in [-0.2, 0) is 4.74 Å². The molecular formula is C13H23NOS. The molecule has 2 saturated heterocycles. The number of thioether (sulfide) groups is 1. The van der Waals surface area contributed by atoms with Gasteiger partial charge in [-0.1, -0.05) is 11.6 Å². The standard InChI is InChI=1S/C13H23NOS/c1-15-11-13-6-4-7-14(13)10-12(9-13)5-3-8-16-2/h5H,3-4,6-11H2,1-2H3/b12-5-. The molecule has 2 fully saturated rings. The SMILES string of the molecule is COCC12CCCN1C/C(=C\CCSC)C2. The van der Waals surface area contributed by atoms with E-state index in [0.717, 1.165) is 6.61 Å². The molecule has 2 rings (SSSR count). The summed E-state index contributed by atoms with van der Waals surface area (Å²) in [5.41, 5.74) is 2.01. The quantitative estimate of drug-likeness (QED) is 0.542. The molecule has 92 valence electrons. The molecule has 0 saturated carbocycles. The third-order valence-electron chi connectivity index (χ3n) is 3.86. The monoisotopic (exact) mass is 241 g/mol. The second-order valence-corrected chi connectivity index (χ2v) is 5.99. The molecule has 0 aromatic rings. The average Bonchev–Trinajstić information content (AvgIpc) is 2.75. The fourth-order valence-corrected chi connectivity index (χ4v) is 3.52. The minimum Gasteiger partial charge on any atom is -0.383 e. The summed E-state index contributed by atoms with van der Waals surface area (Å²) < 4.78 is 5.43. The Morgan fingerprint density at radius 2 is 2.44 bits per heavy atom. The van der Waals surface area contributed by atoms with Gasteiger partial charge in [-0.05, 0) is 44.2 Å². The van der Waals surface area contributed by atoms with Crippen LogP contribution >= 0.6 is 11.8 Å². The maximum Gasteiger partial charge on any atom is 0.0649 e. The maximum absolute atomic E-state index is 5.43. The van der Waals surface area contributed by atoms with Gasteiger partial charge in [0.1, 0.15) is 0 Å². The first-order valence-electron chi connectivity index (χ1n) is 6.21. The molecule has 16 heavy (non-hydrogen) atoms. The van der Waals surface area contributed by atoms with Crippen molar-refractivity contribution in [2.75, 3.05) is 38.8 Å². The second kappa shape index (κ2) is 5.56. The molecule has 0 N–H and O–H groups in total. The van der Waals surface area contributed by atoms with Crippen molar-refractivity contribution in [1.29, 1.82) is 0 Å². The highest BCUT2D eigenvalue weighted by molar-refractivity contribution is 7.98. The van der Waals surface area contributed by atoms with Gasteiger partial charge in [-0.15, -0.1) is 0 Å². The Kier molecular flexibility index (Phi) is 4.34. The summed E-state index contributed by atoms with van der Waals surface area (Å²) in [4.78, 5) is 2.64. The molecule has 0 aliphatic carbocycles. The third kappa shape index (κ3) is 2.47. The van der Waals surface area contributed by atoms with E-state index >= 15 is 0 Å². The summed E-state index contributed by atoms with van der Waals surface area (Å²) in [5.74, 6) is 1.25. The molecule has 1 unspecified atom stereocenters. The van der Waals surface area contributed by atoms with Gasteiger partial charge in [0.05, 0.1) is 6.61 Å². The number of fused-ring (bicyclic) bond motifs is 1. The van der Waals surface area contributed by atoms with Gasteiger partial charge in [0.25, 0.3) is 0 Å². The molecule has 0 bridgehead atoms. The molecule has 2 aliphatic heterocycles. The van der Waals surface area contributed by atoms with Crippen molar-refractivity contribution < 1.29 is 4.74 Å². The highest BCUT2D eigenvalue weighted by Gasteiger charge is 2.45. The van der Waals surface area contributed by atoms with Crippen molar-refractivity contribution in [3.8, 4) is 0 Å². The van der Waals surface area contributed by atoms with Crippen molar-refractivity contribution in [2.24, 2.45) is 0 Å². The van der Waals surface area contributed by atoms with Crippen molar-refractivity contribution in [3.63, 3.8) is 0 Å². The Morgan fingerprint density at radius 3 is 3.19 bits per heavy atom. The number of hydrogen-bond acceptors (Lipinski definition) is 3. The van der Waals surface area contributed by atoms with E-state index < -0.39 is 0 Å². The molecule has 2 aliphatic rings. The summed E-state index contributed by atoms with van der Waals surface area (Å²) in [6.45, 7) is 3.37. The fraction of sp³-hybridized carbons (Fsp3) is 0.846. The lowest BCUT2D eigenvalue weighted by atomic mass is 9.93. The summed E-state index contributed by atoms with van der Waals surface area (Å²) in [6, 6.07) is 0. The van der Waals surface area contributed by atoms with Gasteiger partial charge in [0.15, 0.2) is 0 Å². The smallest absolute Gasteiger partial charge is 0.0649 e. The summed E-state index contributed by atoms with van der Waals surface area (Å²) >= 11 is 1.93. The first kappa shape index (κ1) is 12.5. The molecule has 0 amide bonds. The molecule has 1 atom stereocenters. The minimum absolute atomic E-state index is 0.361. The van der Waals surface area contributed by atoms with Crippen LogP contribution < -0.4 is 0 Å². The molecule has 3 heteroatoms. The molecule has 0 radical (unpaired) electrons. The average molecular weight is 241 g/mol. The van der Waals surface area contributed by atoms with Gasteiger partial charge in [0, 0.05) is 19.2 Å². The number of rotatable bonds is 5. The zero-order chi connectivity index (χ0) is 11.4. The molecular weight excluding hydrogens is 218 g/mol. The van der Waals surface area contributed by atoms with Crippen LogP contribution in [0, 0.1) is 0 Å². The van der Waals surface area contributed by atoms with Crippen LogP contribution in [-0.4, -0.2) is 49.3 Å². The zero-order valence-electron chi connectivity index (χ0n) is 10.5. The van der Waals surface area contributed by atoms with E-state index in [2.05, 4.69) is 17.2 Å². The third-order valence-corrected chi connectivity index (χ3v) is 4.50. The lowest BCUT2D eigenvalue weighted by molar-refractivity contribution is 0.0656. The summed E-state index contributed by atoms with van der Waals surface area (Å²) in [7, 11) is 1.83. The summed E-state index contributed by atoms with van der Waals surface area (Å²) in [6.07, 6.45) is 9.79. The topological polar surface area (TPSA) is 12.5 Å². The van der Waals surface area contributed by atoms with Crippen LogP contribution in [0.1, 0.15) is 25.7 Å². The Bertz CT molecular complexity index is 267. The Hall–Kier alpha value is 0.01000. The van der Waals surface area contributed by atoms with Gasteiger partial charge in [-0.2, -0.15) is 11.8 Å². The van der Waals surface area contributed by atoms with Crippen LogP contribution in [0.5, 0.6) is 0 Å². The number of hydrogen-bond donors (Lipinski definition) is 0. The van der Waals surface area contributed by atoms with E-state index in [1.54, 1.807) is 5.57 Å². The zero-order valence-corrected chi connectivity index (χ0v) is 11.3. The van der Waals surface area contributed by atoms with Gasteiger partial charge in [-0.25, -0.2) is 0 Å². The Labute approximate surface area is 103 Å². The van der Waals surface area contributed by atoms with Crippen LogP contribution in [0.25, 0.3) is 0 Å². The van der Waals surface area contributed by atoms with Crippen LogP contribution in [0.15, 0.2) is 11.6 Å². The number of nitrogens with zero attached hydrogens (tertiary/aromatic N) is 1. The van der Waals surface area contributed by atoms with Gasteiger partial charge < -0.3 is 4.74 Å². The van der Waals surface area contributed by atoms with Gasteiger partial charge >= 0.3 is 0 Å². The summed E-state index contributed by atoms with van der Waals surface area (Å²) in [5, 5.41) is 0. The van der Waals surface area contributed by atoms with Gasteiger partial charge in [-0.3, -0.25) is 4.90 Å². The second-order valence-electron chi connectivity index (χ2n) is 5.00. The number of ether oxygens (including phenoxy) is 1. The van der Waals surface area contributed by atoms with Gasteiger partial charge in [0.2, 0.25) is 0 Å². The van der Waals surface area contributed by atoms with E-state index in [9.17, 15) is 0 Å². The Morgan fingerprint density at radius 1 is 1.56 bits per heavy atom. The van der Waals surface area contributed by atoms with E-state index in [1.165, 1.54) is 44.5 Å². The molecule has 0 spiro atoms. The highest BCUT2D eigenvalue weighted by Crippen LogP contribution is 2.41. The van der Waals surface area contributed by atoms with E-state index in [-0.39, 0.29) is 0 Å².